The first-order chi connectivity index (χ1) is 30.2. The van der Waals surface area contributed by atoms with Gasteiger partial charge in [0.15, 0.2) is 5.75 Å². The van der Waals surface area contributed by atoms with Gasteiger partial charge in [0.25, 0.3) is 0 Å². The summed E-state index contributed by atoms with van der Waals surface area (Å²) >= 11 is 0. The molecule has 0 saturated heterocycles. The third-order valence-electron chi connectivity index (χ3n) is 13.2. The maximum Gasteiger partial charge on any atom is 0.153 e. The third-order valence-corrected chi connectivity index (χ3v) is 13.2. The molecule has 1 aliphatic carbocycles. The highest BCUT2D eigenvalue weighted by Gasteiger charge is 2.45. The van der Waals surface area contributed by atoms with E-state index in [1.54, 1.807) is 0 Å². The average molecular weight is 781 g/mol. The number of hydrogen-bond donors (Lipinski definition) is 0. The fourth-order valence-electron chi connectivity index (χ4n) is 10.7. The van der Waals surface area contributed by atoms with Crippen LogP contribution in [0.2, 0.25) is 0 Å². The molecule has 13 rings (SSSR count). The highest BCUT2D eigenvalue weighted by Crippen LogP contribution is 2.58. The van der Waals surface area contributed by atoms with Crippen LogP contribution in [0.15, 0.2) is 194 Å². The van der Waals surface area contributed by atoms with Crippen LogP contribution in [0, 0.1) is 17.2 Å². The van der Waals surface area contributed by atoms with Gasteiger partial charge in [0.1, 0.15) is 17.4 Å². The Morgan fingerprint density at radius 3 is 1.26 bits per heavy atom. The second kappa shape index (κ2) is 12.7. The number of benzene rings is 8. The molecule has 0 bridgehead atoms. The number of allylic oxidation sites excluding steroid dienone is 4. The summed E-state index contributed by atoms with van der Waals surface area (Å²) in [6.07, 6.45) is 4.53. The lowest BCUT2D eigenvalue weighted by Gasteiger charge is -2.28. The monoisotopic (exact) mass is 780 g/mol. The normalized spacial score (nSPS) is 15.9. The van der Waals surface area contributed by atoms with E-state index in [1.807, 2.05) is 0 Å². The van der Waals surface area contributed by atoms with Gasteiger partial charge in [-0.1, -0.05) is 159 Å². The smallest absolute Gasteiger partial charge is 0.153 e. The van der Waals surface area contributed by atoms with E-state index in [1.165, 1.54) is 10.8 Å². The standard InChI is InChI=1S/C56H36N4O/c1-34-31-32-36(35-17-3-2-4-18-35)55-50(34)51-53(59-46-27-13-7-21-39(46)40-22-8-14-28-47(40)59)54(60-48-29-15-9-23-41(48)42-24-10-16-30-49(42)60)52(43(33-57)56(51)61-55)58-44-25-11-5-19-37(44)38-20-6-12-26-45(38)58/h2-32,34,50H,1H3. The fraction of sp³-hybridized carbons (Fsp3) is 0.0536. The predicted molar refractivity (Wildman–Crippen MR) is 249 cm³/mol. The lowest BCUT2D eigenvalue weighted by atomic mass is 9.78. The Balaban J connectivity index is 1.34. The van der Waals surface area contributed by atoms with Crippen molar-refractivity contribution in [2.45, 2.75) is 12.8 Å². The van der Waals surface area contributed by atoms with Crippen LogP contribution in [0.5, 0.6) is 5.75 Å². The summed E-state index contributed by atoms with van der Waals surface area (Å²) in [5.41, 5.74) is 12.7. The number of fused-ring (bicyclic) bond motifs is 12. The molecule has 0 spiro atoms. The molecule has 2 aliphatic rings. The summed E-state index contributed by atoms with van der Waals surface area (Å²) < 4.78 is 14.7. The van der Waals surface area contributed by atoms with Crippen molar-refractivity contribution < 1.29 is 4.74 Å². The second-order valence-electron chi connectivity index (χ2n) is 16.3. The van der Waals surface area contributed by atoms with Crippen molar-refractivity contribution in [1.82, 2.24) is 13.7 Å². The molecule has 61 heavy (non-hydrogen) atoms. The van der Waals surface area contributed by atoms with Crippen LogP contribution in [0.3, 0.4) is 0 Å². The first-order valence-electron chi connectivity index (χ1n) is 21.0. The predicted octanol–water partition coefficient (Wildman–Crippen LogP) is 13.9. The van der Waals surface area contributed by atoms with Gasteiger partial charge in [-0.2, -0.15) is 5.26 Å². The summed E-state index contributed by atoms with van der Waals surface area (Å²) in [5, 5.41) is 18.8. The molecule has 3 aromatic heterocycles. The number of hydrogen-bond acceptors (Lipinski definition) is 2. The Bertz CT molecular complexity index is 3610. The SMILES string of the molecule is CC1C=CC(c2ccccc2)=C2Oc3c(C#N)c(-n4c5ccccc5c5ccccc54)c(-n4c5ccccc5c5ccccc54)c(-n4c5ccccc5c5ccccc54)c3C21. The summed E-state index contributed by atoms with van der Waals surface area (Å²) in [5.74, 6) is 1.37. The molecule has 1 aliphatic heterocycles. The van der Waals surface area contributed by atoms with Crippen LogP contribution in [-0.4, -0.2) is 13.7 Å². The lowest BCUT2D eigenvalue weighted by Crippen LogP contribution is -2.17. The van der Waals surface area contributed by atoms with Crippen LogP contribution < -0.4 is 4.74 Å². The van der Waals surface area contributed by atoms with Crippen molar-refractivity contribution in [3.8, 4) is 28.9 Å². The summed E-state index contributed by atoms with van der Waals surface area (Å²) in [6.45, 7) is 2.28. The molecule has 5 heteroatoms. The number of nitrogens with zero attached hydrogens (tertiary/aromatic N) is 4. The molecule has 4 heterocycles. The largest absolute Gasteiger partial charge is 0.459 e. The van der Waals surface area contributed by atoms with Crippen molar-refractivity contribution in [3.63, 3.8) is 0 Å². The summed E-state index contributed by atoms with van der Waals surface area (Å²) in [4.78, 5) is 0. The molecule has 11 aromatic rings. The Labute approximate surface area is 351 Å². The van der Waals surface area contributed by atoms with Gasteiger partial charge in [-0.3, -0.25) is 0 Å². The van der Waals surface area contributed by atoms with Crippen molar-refractivity contribution in [1.29, 1.82) is 5.26 Å². The van der Waals surface area contributed by atoms with E-state index in [4.69, 9.17) is 4.74 Å². The van der Waals surface area contributed by atoms with Crippen molar-refractivity contribution >= 4 is 71.0 Å². The van der Waals surface area contributed by atoms with Gasteiger partial charge >= 0.3 is 0 Å². The minimum atomic E-state index is -0.184. The molecular weight excluding hydrogens is 745 g/mol. The van der Waals surface area contributed by atoms with E-state index in [9.17, 15) is 5.26 Å². The minimum Gasteiger partial charge on any atom is -0.459 e. The van der Waals surface area contributed by atoms with Crippen LogP contribution >= 0.6 is 0 Å². The molecule has 2 unspecified atom stereocenters. The van der Waals surface area contributed by atoms with Gasteiger partial charge in [0.05, 0.1) is 56.1 Å². The Kier molecular flexibility index (Phi) is 7.06. The zero-order valence-electron chi connectivity index (χ0n) is 33.2. The van der Waals surface area contributed by atoms with E-state index in [-0.39, 0.29) is 11.8 Å². The number of para-hydroxylation sites is 6. The Morgan fingerprint density at radius 1 is 0.459 bits per heavy atom. The van der Waals surface area contributed by atoms with Crippen molar-refractivity contribution in [2.24, 2.45) is 5.92 Å². The third kappa shape index (κ3) is 4.54. The molecule has 0 saturated carbocycles. The van der Waals surface area contributed by atoms with Crippen LogP contribution in [0.1, 0.15) is 29.5 Å². The molecule has 0 radical (unpaired) electrons. The lowest BCUT2D eigenvalue weighted by molar-refractivity contribution is 0.407. The first kappa shape index (κ1) is 33.9. The highest BCUT2D eigenvalue weighted by molar-refractivity contribution is 6.14. The van der Waals surface area contributed by atoms with Gasteiger partial charge in [0, 0.05) is 43.5 Å². The number of aromatic nitrogens is 3. The molecular formula is C56H36N4O. The van der Waals surface area contributed by atoms with Gasteiger partial charge in [-0.25, -0.2) is 0 Å². The van der Waals surface area contributed by atoms with E-state index in [0.717, 1.165) is 94.2 Å². The zero-order valence-corrected chi connectivity index (χ0v) is 33.2. The summed E-state index contributed by atoms with van der Waals surface area (Å²) in [6, 6.07) is 65.3. The molecule has 0 N–H and O–H groups in total. The second-order valence-corrected chi connectivity index (χ2v) is 16.3. The van der Waals surface area contributed by atoms with Crippen molar-refractivity contribution in [2.75, 3.05) is 0 Å². The quantitative estimate of drug-likeness (QED) is 0.179. The molecule has 286 valence electrons. The summed E-state index contributed by atoms with van der Waals surface area (Å²) in [7, 11) is 0. The van der Waals surface area contributed by atoms with E-state index in [2.05, 4.69) is 215 Å². The maximum absolute atomic E-state index is 11.9. The highest BCUT2D eigenvalue weighted by atomic mass is 16.5. The van der Waals surface area contributed by atoms with E-state index in [0.29, 0.717) is 11.3 Å². The molecule has 2 atom stereocenters. The van der Waals surface area contributed by atoms with Crippen LogP contribution in [-0.2, 0) is 0 Å². The van der Waals surface area contributed by atoms with Crippen molar-refractivity contribution in [3.05, 3.63) is 211 Å². The van der Waals surface area contributed by atoms with Gasteiger partial charge in [-0.05, 0) is 47.9 Å². The molecule has 5 nitrogen and oxygen atoms in total. The van der Waals surface area contributed by atoms with Gasteiger partial charge < -0.3 is 18.4 Å². The van der Waals surface area contributed by atoms with Crippen LogP contribution in [0.4, 0.5) is 0 Å². The van der Waals surface area contributed by atoms with Gasteiger partial charge in [-0.15, -0.1) is 0 Å². The van der Waals surface area contributed by atoms with E-state index >= 15 is 0 Å². The minimum absolute atomic E-state index is 0.0622. The van der Waals surface area contributed by atoms with Gasteiger partial charge in [0.2, 0.25) is 0 Å². The molecule has 0 fully saturated rings. The Hall–Kier alpha value is -8.07. The molecule has 8 aromatic carbocycles. The first-order valence-corrected chi connectivity index (χ1v) is 21.0. The fourth-order valence-corrected chi connectivity index (χ4v) is 10.7. The topological polar surface area (TPSA) is 47.8 Å². The van der Waals surface area contributed by atoms with E-state index < -0.39 is 0 Å². The molecule has 0 amide bonds. The number of ether oxygens (including phenoxy) is 1. The average Bonchev–Trinajstić information content (AvgIpc) is 4.06. The Morgan fingerprint density at radius 2 is 0.836 bits per heavy atom. The number of nitriles is 1. The van der Waals surface area contributed by atoms with Crippen LogP contribution in [0.25, 0.3) is 88.1 Å². The maximum atomic E-state index is 11.9. The number of rotatable bonds is 4. The zero-order chi connectivity index (χ0) is 40.3.